The number of aromatic nitrogens is 5. The number of hydrogen-bond acceptors (Lipinski definition) is 5. The molecule has 0 aliphatic heterocycles. The van der Waals surface area contributed by atoms with E-state index in [0.717, 1.165) is 27.5 Å². The average molecular weight is 383 g/mol. The molecule has 3 aromatic carbocycles. The minimum Gasteiger partial charge on any atom is -0.465 e. The van der Waals surface area contributed by atoms with Gasteiger partial charge in [-0.3, -0.25) is 0 Å². The van der Waals surface area contributed by atoms with Gasteiger partial charge >= 0.3 is 5.97 Å². The molecule has 0 bridgehead atoms. The first-order valence-corrected chi connectivity index (χ1v) is 9.16. The highest BCUT2D eigenvalue weighted by Crippen LogP contribution is 2.32. The highest BCUT2D eigenvalue weighted by atomic mass is 16.5. The van der Waals surface area contributed by atoms with E-state index >= 15 is 0 Å². The molecule has 0 saturated heterocycles. The molecule has 7 heteroatoms. The topological polar surface area (TPSA) is 85.7 Å². The fourth-order valence-corrected chi connectivity index (χ4v) is 3.69. The van der Waals surface area contributed by atoms with Crippen LogP contribution in [0, 0.1) is 0 Å². The Balaban J connectivity index is 1.62. The fourth-order valence-electron chi connectivity index (χ4n) is 3.69. The number of fused-ring (bicyclic) bond motifs is 3. The van der Waals surface area contributed by atoms with Gasteiger partial charge in [0.05, 0.1) is 12.7 Å². The van der Waals surface area contributed by atoms with Crippen LogP contribution in [0.5, 0.6) is 0 Å². The van der Waals surface area contributed by atoms with Crippen molar-refractivity contribution in [3.63, 3.8) is 0 Å². The molecule has 0 spiro atoms. The van der Waals surface area contributed by atoms with E-state index in [-0.39, 0.29) is 5.97 Å². The lowest BCUT2D eigenvalue weighted by atomic mass is 10.1. The third kappa shape index (κ3) is 2.93. The number of methoxy groups -OCH3 is 1. The van der Waals surface area contributed by atoms with Gasteiger partial charge in [-0.2, -0.15) is 5.21 Å². The maximum Gasteiger partial charge on any atom is 0.337 e. The van der Waals surface area contributed by atoms with Crippen molar-refractivity contribution >= 4 is 27.8 Å². The number of rotatable bonds is 4. The number of benzene rings is 3. The molecule has 0 amide bonds. The number of nitrogens with one attached hydrogen (secondary N) is 1. The molecule has 0 unspecified atom stereocenters. The Morgan fingerprint density at radius 3 is 2.55 bits per heavy atom. The predicted molar refractivity (Wildman–Crippen MR) is 109 cm³/mol. The van der Waals surface area contributed by atoms with Gasteiger partial charge in [-0.05, 0) is 47.2 Å². The lowest BCUT2D eigenvalue weighted by Crippen LogP contribution is -2.03. The van der Waals surface area contributed by atoms with Gasteiger partial charge < -0.3 is 9.30 Å². The molecule has 7 nitrogen and oxygen atoms in total. The molecule has 0 atom stereocenters. The van der Waals surface area contributed by atoms with Gasteiger partial charge in [-0.1, -0.05) is 30.3 Å². The van der Waals surface area contributed by atoms with Crippen LogP contribution in [-0.2, 0) is 11.3 Å². The van der Waals surface area contributed by atoms with Crippen LogP contribution in [0.3, 0.4) is 0 Å². The third-order valence-electron chi connectivity index (χ3n) is 5.09. The third-order valence-corrected chi connectivity index (χ3v) is 5.09. The summed E-state index contributed by atoms with van der Waals surface area (Å²) in [5.74, 6) is 0.240. The molecule has 5 rings (SSSR count). The number of carbonyl (C=O) groups excluding carboxylic acids is 1. The van der Waals surface area contributed by atoms with Gasteiger partial charge in [0.1, 0.15) is 0 Å². The Morgan fingerprint density at radius 2 is 1.79 bits per heavy atom. The number of H-pyrrole nitrogens is 1. The van der Waals surface area contributed by atoms with Gasteiger partial charge in [0, 0.05) is 33.9 Å². The van der Waals surface area contributed by atoms with Crippen LogP contribution in [0.2, 0.25) is 0 Å². The summed E-state index contributed by atoms with van der Waals surface area (Å²) in [6.07, 6.45) is 0. The van der Waals surface area contributed by atoms with Crippen LogP contribution in [0.4, 0.5) is 0 Å². The molecular weight excluding hydrogens is 366 g/mol. The molecule has 0 aliphatic carbocycles. The predicted octanol–water partition coefficient (Wildman–Crippen LogP) is 3.81. The van der Waals surface area contributed by atoms with E-state index in [1.54, 1.807) is 12.1 Å². The van der Waals surface area contributed by atoms with Crippen LogP contribution in [0.15, 0.2) is 66.7 Å². The summed E-state index contributed by atoms with van der Waals surface area (Å²) in [6.45, 7) is 0.688. The van der Waals surface area contributed by atoms with Crippen LogP contribution in [0.1, 0.15) is 15.9 Å². The van der Waals surface area contributed by atoms with E-state index in [0.29, 0.717) is 17.9 Å². The molecule has 2 aromatic heterocycles. The smallest absolute Gasteiger partial charge is 0.337 e. The summed E-state index contributed by atoms with van der Waals surface area (Å²) in [6, 6.07) is 22.0. The molecule has 0 aliphatic rings. The summed E-state index contributed by atoms with van der Waals surface area (Å²) in [4.78, 5) is 11.7. The normalized spacial score (nSPS) is 11.2. The number of tetrazole rings is 1. The highest BCUT2D eigenvalue weighted by molar-refractivity contribution is 6.09. The molecular formula is C22H17N5O2. The molecule has 0 radical (unpaired) electrons. The van der Waals surface area contributed by atoms with E-state index in [1.165, 1.54) is 12.5 Å². The lowest BCUT2D eigenvalue weighted by molar-refractivity contribution is 0.0600. The Morgan fingerprint density at radius 1 is 1.00 bits per heavy atom. The van der Waals surface area contributed by atoms with E-state index in [1.807, 2.05) is 30.3 Å². The van der Waals surface area contributed by atoms with Crippen molar-refractivity contribution in [3.05, 3.63) is 77.9 Å². The second-order valence-corrected chi connectivity index (χ2v) is 6.76. The van der Waals surface area contributed by atoms with E-state index in [4.69, 9.17) is 4.74 Å². The largest absolute Gasteiger partial charge is 0.465 e. The van der Waals surface area contributed by atoms with Gasteiger partial charge in [0.15, 0.2) is 0 Å². The van der Waals surface area contributed by atoms with Gasteiger partial charge in [-0.15, -0.1) is 10.2 Å². The number of ether oxygens (including phenoxy) is 1. The zero-order chi connectivity index (χ0) is 19.8. The van der Waals surface area contributed by atoms with E-state index in [9.17, 15) is 4.79 Å². The summed E-state index contributed by atoms with van der Waals surface area (Å²) >= 11 is 0. The first-order valence-electron chi connectivity index (χ1n) is 9.16. The van der Waals surface area contributed by atoms with Crippen LogP contribution in [0.25, 0.3) is 33.2 Å². The van der Waals surface area contributed by atoms with Crippen LogP contribution >= 0.6 is 0 Å². The lowest BCUT2D eigenvalue weighted by Gasteiger charge is -2.09. The molecule has 1 N–H and O–H groups in total. The summed E-state index contributed by atoms with van der Waals surface area (Å²) < 4.78 is 7.05. The number of para-hydroxylation sites is 1. The maximum absolute atomic E-state index is 11.7. The number of carbonyl (C=O) groups is 1. The quantitative estimate of drug-likeness (QED) is 0.477. The van der Waals surface area contributed by atoms with Gasteiger partial charge in [0.2, 0.25) is 5.82 Å². The van der Waals surface area contributed by atoms with Gasteiger partial charge in [-0.25, -0.2) is 4.79 Å². The minimum absolute atomic E-state index is 0.331. The maximum atomic E-state index is 11.7. The van der Waals surface area contributed by atoms with Crippen molar-refractivity contribution in [1.29, 1.82) is 0 Å². The Labute approximate surface area is 165 Å². The van der Waals surface area contributed by atoms with Crippen molar-refractivity contribution in [2.24, 2.45) is 0 Å². The van der Waals surface area contributed by atoms with Crippen molar-refractivity contribution < 1.29 is 9.53 Å². The minimum atomic E-state index is -0.331. The molecule has 2 heterocycles. The zero-order valence-corrected chi connectivity index (χ0v) is 15.7. The SMILES string of the molecule is COC(=O)c1ccc(Cn2c3ccccc3c3cc(-c4nn[nH]n4)ccc32)cc1. The summed E-state index contributed by atoms with van der Waals surface area (Å²) in [5.41, 5.74) is 4.82. The molecule has 5 aromatic rings. The Kier molecular flexibility index (Phi) is 4.05. The number of esters is 1. The second-order valence-electron chi connectivity index (χ2n) is 6.76. The Bertz CT molecular complexity index is 1320. The zero-order valence-electron chi connectivity index (χ0n) is 15.7. The fraction of sp³-hybridized carbons (Fsp3) is 0.0909. The van der Waals surface area contributed by atoms with Crippen LogP contribution < -0.4 is 0 Å². The number of nitrogens with zero attached hydrogens (tertiary/aromatic N) is 4. The van der Waals surface area contributed by atoms with E-state index < -0.39 is 0 Å². The number of hydrogen-bond donors (Lipinski definition) is 1. The number of aromatic amines is 1. The standard InChI is InChI=1S/C22H17N5O2/c1-29-22(28)15-8-6-14(7-9-15)13-27-19-5-3-2-4-17(19)18-12-16(10-11-20(18)27)21-23-25-26-24-21/h2-12H,13H2,1H3,(H,23,24,25,26). The van der Waals surface area contributed by atoms with Crippen molar-refractivity contribution in [2.75, 3.05) is 7.11 Å². The summed E-state index contributed by atoms with van der Waals surface area (Å²) in [5, 5.41) is 16.6. The van der Waals surface area contributed by atoms with Crippen molar-refractivity contribution in [2.45, 2.75) is 6.54 Å². The summed E-state index contributed by atoms with van der Waals surface area (Å²) in [7, 11) is 1.39. The van der Waals surface area contributed by atoms with Crippen LogP contribution in [-0.4, -0.2) is 38.3 Å². The van der Waals surface area contributed by atoms with Crippen molar-refractivity contribution in [1.82, 2.24) is 25.2 Å². The average Bonchev–Trinajstić information content (AvgIpc) is 3.41. The molecule has 142 valence electrons. The monoisotopic (exact) mass is 383 g/mol. The molecule has 29 heavy (non-hydrogen) atoms. The van der Waals surface area contributed by atoms with Crippen molar-refractivity contribution in [3.8, 4) is 11.4 Å². The highest BCUT2D eigenvalue weighted by Gasteiger charge is 2.13. The Hall–Kier alpha value is -4.00. The second kappa shape index (κ2) is 6.87. The first kappa shape index (κ1) is 17.1. The van der Waals surface area contributed by atoms with Gasteiger partial charge in [0.25, 0.3) is 0 Å². The first-order chi connectivity index (χ1) is 14.2. The molecule has 0 saturated carbocycles. The molecule has 0 fully saturated rings. The van der Waals surface area contributed by atoms with E-state index in [2.05, 4.69) is 49.5 Å².